The minimum Gasteiger partial charge on any atom is -0.384 e. The van der Waals surface area contributed by atoms with Crippen LogP contribution in [0.2, 0.25) is 0 Å². The number of allylic oxidation sites excluding steroid dienone is 1. The molecule has 7 nitrogen and oxygen atoms in total. The predicted octanol–water partition coefficient (Wildman–Crippen LogP) is 3.21. The molecule has 178 valence electrons. The molecule has 0 bridgehead atoms. The van der Waals surface area contributed by atoms with E-state index in [2.05, 4.69) is 11.6 Å². The van der Waals surface area contributed by atoms with Gasteiger partial charge in [0.2, 0.25) is 15.9 Å². The summed E-state index contributed by atoms with van der Waals surface area (Å²) in [6.45, 7) is 4.62. The number of hydrogen-bond donors (Lipinski definition) is 3. The molecule has 0 saturated heterocycles. The van der Waals surface area contributed by atoms with Crippen molar-refractivity contribution in [2.45, 2.75) is 44.9 Å². The van der Waals surface area contributed by atoms with Crippen molar-refractivity contribution in [2.75, 3.05) is 13.1 Å². The predicted molar refractivity (Wildman–Crippen MR) is 133 cm³/mol. The van der Waals surface area contributed by atoms with Crippen LogP contribution in [0.4, 0.5) is 0 Å². The molecule has 2 aromatic carbocycles. The maximum absolute atomic E-state index is 13.0. The third-order valence-electron chi connectivity index (χ3n) is 5.13. The number of amidine groups is 1. The molecule has 0 unspecified atom stereocenters. The average molecular weight is 471 g/mol. The summed E-state index contributed by atoms with van der Waals surface area (Å²) in [6.07, 6.45) is 6.38. The van der Waals surface area contributed by atoms with Crippen LogP contribution in [0.1, 0.15) is 43.4 Å². The van der Waals surface area contributed by atoms with Gasteiger partial charge in [0.1, 0.15) is 5.84 Å². The molecule has 0 heterocycles. The first kappa shape index (κ1) is 26.3. The van der Waals surface area contributed by atoms with Crippen LogP contribution in [0.3, 0.4) is 0 Å². The maximum atomic E-state index is 13.0. The first-order chi connectivity index (χ1) is 15.7. The van der Waals surface area contributed by atoms with Gasteiger partial charge in [-0.25, -0.2) is 13.1 Å². The van der Waals surface area contributed by atoms with E-state index in [4.69, 9.17) is 11.1 Å². The molecule has 0 aromatic heterocycles. The smallest absolute Gasteiger partial charge is 0.240 e. The molecule has 0 aliphatic rings. The van der Waals surface area contributed by atoms with Crippen molar-refractivity contribution in [3.63, 3.8) is 0 Å². The van der Waals surface area contributed by atoms with Gasteiger partial charge in [0.15, 0.2) is 0 Å². The number of amides is 1. The summed E-state index contributed by atoms with van der Waals surface area (Å²) in [6, 6.07) is 15.5. The fraction of sp³-hybridized carbons (Fsp3) is 0.360. The number of nitrogens with one attached hydrogen (secondary N) is 2. The van der Waals surface area contributed by atoms with Crippen LogP contribution in [0.5, 0.6) is 0 Å². The zero-order valence-electron chi connectivity index (χ0n) is 19.3. The Morgan fingerprint density at radius 2 is 1.76 bits per heavy atom. The fourth-order valence-electron chi connectivity index (χ4n) is 3.31. The summed E-state index contributed by atoms with van der Waals surface area (Å²) < 4.78 is 27.6. The minimum atomic E-state index is -3.64. The zero-order chi connectivity index (χ0) is 24.3. The highest BCUT2D eigenvalue weighted by Crippen LogP contribution is 2.08. The van der Waals surface area contributed by atoms with Gasteiger partial charge < -0.3 is 10.6 Å². The number of unbranched alkanes of at least 4 members (excludes halogenated alkanes) is 1. The quantitative estimate of drug-likeness (QED) is 0.237. The largest absolute Gasteiger partial charge is 0.384 e. The van der Waals surface area contributed by atoms with Crippen molar-refractivity contribution >= 4 is 21.8 Å². The second kappa shape index (κ2) is 12.9. The van der Waals surface area contributed by atoms with Crippen molar-refractivity contribution in [1.29, 1.82) is 5.41 Å². The number of rotatable bonds is 13. The van der Waals surface area contributed by atoms with Crippen molar-refractivity contribution in [3.8, 4) is 0 Å². The summed E-state index contributed by atoms with van der Waals surface area (Å²) in [4.78, 5) is 14.7. The van der Waals surface area contributed by atoms with Crippen LogP contribution < -0.4 is 10.5 Å². The van der Waals surface area contributed by atoms with E-state index in [1.807, 2.05) is 42.5 Å². The summed E-state index contributed by atoms with van der Waals surface area (Å²) in [5.41, 5.74) is 7.91. The Morgan fingerprint density at radius 1 is 1.09 bits per heavy atom. The highest BCUT2D eigenvalue weighted by Gasteiger charge is 2.24. The molecule has 0 aliphatic heterocycles. The topological polar surface area (TPSA) is 116 Å². The number of benzene rings is 2. The van der Waals surface area contributed by atoms with E-state index in [0.29, 0.717) is 30.6 Å². The highest BCUT2D eigenvalue weighted by molar-refractivity contribution is 7.88. The third-order valence-corrected chi connectivity index (χ3v) is 6.56. The Bertz CT molecular complexity index is 1040. The summed E-state index contributed by atoms with van der Waals surface area (Å²) in [7, 11) is -3.64. The number of nitrogens with two attached hydrogens (primary N) is 1. The molecular weight excluding hydrogens is 436 g/mol. The molecular formula is C25H34N4O3S. The monoisotopic (exact) mass is 470 g/mol. The van der Waals surface area contributed by atoms with Crippen LogP contribution in [0.25, 0.3) is 0 Å². The van der Waals surface area contributed by atoms with Gasteiger partial charge in [-0.15, -0.1) is 0 Å². The van der Waals surface area contributed by atoms with Gasteiger partial charge in [0, 0.05) is 18.7 Å². The lowest BCUT2D eigenvalue weighted by atomic mass is 10.1. The van der Waals surface area contributed by atoms with E-state index in [0.717, 1.165) is 18.4 Å². The number of carbonyl (C=O) groups excluding carboxylic acids is 1. The Morgan fingerprint density at radius 3 is 2.36 bits per heavy atom. The molecule has 2 aromatic rings. The van der Waals surface area contributed by atoms with Crippen LogP contribution >= 0.6 is 0 Å². The lowest BCUT2D eigenvalue weighted by Gasteiger charge is -2.25. The first-order valence-electron chi connectivity index (χ1n) is 11.1. The zero-order valence-corrected chi connectivity index (χ0v) is 20.1. The van der Waals surface area contributed by atoms with E-state index in [9.17, 15) is 13.2 Å². The van der Waals surface area contributed by atoms with Crippen LogP contribution in [0.15, 0.2) is 66.7 Å². The Labute approximate surface area is 197 Å². The standard InChI is InChI=1S/C25H34N4O3S/c1-3-4-17-29(18-9-8-10-21-13-15-23(16-14-21)24(26)27)25(30)20(2)28-33(31,32)19-22-11-6-5-7-12-22/h5-9,11-16,20,28H,3-4,10,17-19H2,1-2H3,(H3,26,27)/b9-8+/t20-/m0/s1. The molecule has 4 N–H and O–H groups in total. The molecule has 33 heavy (non-hydrogen) atoms. The number of nitrogen functional groups attached to an aromatic ring is 1. The molecule has 8 heteroatoms. The van der Waals surface area contributed by atoms with Crippen molar-refractivity contribution in [1.82, 2.24) is 9.62 Å². The van der Waals surface area contributed by atoms with Gasteiger partial charge >= 0.3 is 0 Å². The normalized spacial score (nSPS) is 12.5. The average Bonchev–Trinajstić information content (AvgIpc) is 2.78. The van der Waals surface area contributed by atoms with Crippen LogP contribution in [-0.2, 0) is 27.0 Å². The second-order valence-electron chi connectivity index (χ2n) is 8.01. The maximum Gasteiger partial charge on any atom is 0.240 e. The van der Waals surface area contributed by atoms with Crippen LogP contribution in [0, 0.1) is 5.41 Å². The summed E-state index contributed by atoms with van der Waals surface area (Å²) >= 11 is 0. The van der Waals surface area contributed by atoms with E-state index >= 15 is 0 Å². The second-order valence-corrected chi connectivity index (χ2v) is 9.76. The fourth-order valence-corrected chi connectivity index (χ4v) is 4.67. The van der Waals surface area contributed by atoms with Crippen molar-refractivity contribution in [3.05, 3.63) is 83.4 Å². The molecule has 0 fully saturated rings. The Hall–Kier alpha value is -2.97. The van der Waals surface area contributed by atoms with Gasteiger partial charge in [-0.05, 0) is 30.9 Å². The number of sulfonamides is 1. The van der Waals surface area contributed by atoms with Gasteiger partial charge in [0.25, 0.3) is 0 Å². The van der Waals surface area contributed by atoms with Crippen LogP contribution in [-0.4, -0.2) is 44.2 Å². The van der Waals surface area contributed by atoms with E-state index in [-0.39, 0.29) is 17.5 Å². The molecule has 0 aliphatic carbocycles. The molecule has 0 radical (unpaired) electrons. The molecule has 0 saturated carbocycles. The Kier molecular flexibility index (Phi) is 10.3. The number of nitrogens with zero attached hydrogens (tertiary/aromatic N) is 1. The highest BCUT2D eigenvalue weighted by atomic mass is 32.2. The Balaban J connectivity index is 1.95. The van der Waals surface area contributed by atoms with Gasteiger partial charge in [-0.3, -0.25) is 10.2 Å². The molecule has 1 amide bonds. The molecule has 0 spiro atoms. The van der Waals surface area contributed by atoms with E-state index in [1.165, 1.54) is 0 Å². The van der Waals surface area contributed by atoms with Crippen molar-refractivity contribution < 1.29 is 13.2 Å². The molecule has 1 atom stereocenters. The van der Waals surface area contributed by atoms with E-state index in [1.54, 1.807) is 36.1 Å². The number of carbonyl (C=O) groups is 1. The van der Waals surface area contributed by atoms with E-state index < -0.39 is 16.1 Å². The lowest BCUT2D eigenvalue weighted by Crippen LogP contribution is -2.47. The minimum absolute atomic E-state index is 0.0377. The lowest BCUT2D eigenvalue weighted by molar-refractivity contribution is -0.132. The first-order valence-corrected chi connectivity index (χ1v) is 12.8. The van der Waals surface area contributed by atoms with Crippen molar-refractivity contribution in [2.24, 2.45) is 5.73 Å². The number of hydrogen-bond acceptors (Lipinski definition) is 4. The summed E-state index contributed by atoms with van der Waals surface area (Å²) in [5.74, 6) is -0.367. The SMILES string of the molecule is CCCCN(C/C=C/Cc1ccc(C(=N)N)cc1)C(=O)[C@H](C)NS(=O)(=O)Cc1ccccc1. The van der Waals surface area contributed by atoms with Gasteiger partial charge in [-0.2, -0.15) is 0 Å². The van der Waals surface area contributed by atoms with Gasteiger partial charge in [-0.1, -0.05) is 80.1 Å². The summed E-state index contributed by atoms with van der Waals surface area (Å²) in [5, 5.41) is 7.45. The van der Waals surface area contributed by atoms with Gasteiger partial charge in [0.05, 0.1) is 11.8 Å². The molecule has 2 rings (SSSR count). The third kappa shape index (κ3) is 9.19.